The third kappa shape index (κ3) is 3.04. The Kier molecular flexibility index (Phi) is 4.12. The lowest BCUT2D eigenvalue weighted by Crippen LogP contribution is -2.37. The topological polar surface area (TPSA) is 49.2 Å². The van der Waals surface area contributed by atoms with E-state index < -0.39 is 5.82 Å². The Morgan fingerprint density at radius 2 is 2.41 bits per heavy atom. The first-order valence-electron chi connectivity index (χ1n) is 5.74. The maximum Gasteiger partial charge on any atom is 0.224 e. The lowest BCUT2D eigenvalue weighted by atomic mass is 9.95. The van der Waals surface area contributed by atoms with Gasteiger partial charge in [-0.3, -0.25) is 0 Å². The fourth-order valence-corrected chi connectivity index (χ4v) is 2.36. The van der Waals surface area contributed by atoms with Gasteiger partial charge >= 0.3 is 0 Å². The molecule has 0 aromatic carbocycles. The molecule has 1 aliphatic rings. The minimum atomic E-state index is -0.445. The standard InChI is InChI=1S/C11H15ClFN3O/c12-11-14-6-9(13)10(15-11)16-4-1-2-8(7-16)3-5-17/h6,8,17H,1-5,7H2. The molecule has 0 spiro atoms. The highest BCUT2D eigenvalue weighted by Gasteiger charge is 2.23. The summed E-state index contributed by atoms with van der Waals surface area (Å²) < 4.78 is 13.6. The largest absolute Gasteiger partial charge is 0.396 e. The molecule has 0 radical (unpaired) electrons. The Morgan fingerprint density at radius 1 is 1.59 bits per heavy atom. The number of aliphatic hydroxyl groups is 1. The molecular formula is C11H15ClFN3O. The van der Waals surface area contributed by atoms with Crippen LogP contribution in [0.5, 0.6) is 0 Å². The fraction of sp³-hybridized carbons (Fsp3) is 0.636. The number of hydrogen-bond acceptors (Lipinski definition) is 4. The Labute approximate surface area is 104 Å². The first kappa shape index (κ1) is 12.5. The molecule has 0 amide bonds. The lowest BCUT2D eigenvalue weighted by molar-refractivity contribution is 0.244. The predicted octanol–water partition coefficient (Wildman–Crippen LogP) is 1.87. The van der Waals surface area contributed by atoms with Gasteiger partial charge in [0.05, 0.1) is 6.20 Å². The highest BCUT2D eigenvalue weighted by molar-refractivity contribution is 6.28. The van der Waals surface area contributed by atoms with Crippen LogP contribution in [0.25, 0.3) is 0 Å². The average molecular weight is 260 g/mol. The van der Waals surface area contributed by atoms with Crippen molar-refractivity contribution in [2.24, 2.45) is 5.92 Å². The molecule has 4 nitrogen and oxygen atoms in total. The third-order valence-corrected chi connectivity index (χ3v) is 3.23. The maximum absolute atomic E-state index is 13.6. The zero-order chi connectivity index (χ0) is 12.3. The molecular weight excluding hydrogens is 245 g/mol. The summed E-state index contributed by atoms with van der Waals surface area (Å²) in [7, 11) is 0. The second kappa shape index (κ2) is 5.60. The van der Waals surface area contributed by atoms with Gasteiger partial charge in [0.25, 0.3) is 0 Å². The van der Waals surface area contributed by atoms with Crippen LogP contribution in [0, 0.1) is 11.7 Å². The summed E-state index contributed by atoms with van der Waals surface area (Å²) in [6, 6.07) is 0. The Balaban J connectivity index is 2.13. The van der Waals surface area contributed by atoms with Gasteiger partial charge < -0.3 is 10.0 Å². The van der Waals surface area contributed by atoms with E-state index in [1.807, 2.05) is 4.90 Å². The summed E-state index contributed by atoms with van der Waals surface area (Å²) in [4.78, 5) is 9.42. The van der Waals surface area contributed by atoms with Crippen LogP contribution in [0.2, 0.25) is 5.28 Å². The zero-order valence-electron chi connectivity index (χ0n) is 9.44. The molecule has 0 aliphatic carbocycles. The van der Waals surface area contributed by atoms with Crippen molar-refractivity contribution in [3.8, 4) is 0 Å². The van der Waals surface area contributed by atoms with Crippen LogP contribution in [0.3, 0.4) is 0 Å². The molecule has 1 fully saturated rings. The van der Waals surface area contributed by atoms with Crippen LogP contribution in [-0.4, -0.2) is 34.8 Å². The number of halogens is 2. The highest BCUT2D eigenvalue weighted by Crippen LogP contribution is 2.25. The maximum atomic E-state index is 13.6. The van der Waals surface area contributed by atoms with E-state index in [0.29, 0.717) is 12.5 Å². The molecule has 6 heteroatoms. The number of aliphatic hydroxyl groups excluding tert-OH is 1. The first-order chi connectivity index (χ1) is 8.20. The minimum absolute atomic E-state index is 0.0608. The van der Waals surface area contributed by atoms with Crippen molar-refractivity contribution in [2.45, 2.75) is 19.3 Å². The number of hydrogen-bond donors (Lipinski definition) is 1. The predicted molar refractivity (Wildman–Crippen MR) is 63.6 cm³/mol. The van der Waals surface area contributed by atoms with E-state index in [0.717, 1.165) is 32.0 Å². The molecule has 1 atom stereocenters. The number of nitrogens with zero attached hydrogens (tertiary/aromatic N) is 3. The minimum Gasteiger partial charge on any atom is -0.396 e. The second-order valence-electron chi connectivity index (χ2n) is 4.28. The second-order valence-corrected chi connectivity index (χ2v) is 4.62. The molecule has 1 saturated heterocycles. The van der Waals surface area contributed by atoms with E-state index in [2.05, 4.69) is 9.97 Å². The van der Waals surface area contributed by atoms with E-state index in [-0.39, 0.29) is 17.7 Å². The number of anilines is 1. The lowest BCUT2D eigenvalue weighted by Gasteiger charge is -2.33. The molecule has 17 heavy (non-hydrogen) atoms. The van der Waals surface area contributed by atoms with E-state index in [1.54, 1.807) is 0 Å². The third-order valence-electron chi connectivity index (χ3n) is 3.05. The SMILES string of the molecule is OCCC1CCCN(c2nc(Cl)ncc2F)C1. The molecule has 1 N–H and O–H groups in total. The molecule has 0 saturated carbocycles. The van der Waals surface area contributed by atoms with E-state index in [9.17, 15) is 4.39 Å². The van der Waals surface area contributed by atoms with Crippen LogP contribution in [0.15, 0.2) is 6.20 Å². The Bertz CT molecular complexity index is 389. The van der Waals surface area contributed by atoms with Crippen molar-refractivity contribution < 1.29 is 9.50 Å². The Hall–Kier alpha value is -0.940. The van der Waals surface area contributed by atoms with Gasteiger partial charge in [0.2, 0.25) is 5.28 Å². The van der Waals surface area contributed by atoms with E-state index in [1.165, 1.54) is 0 Å². The summed E-state index contributed by atoms with van der Waals surface area (Å²) in [6.45, 7) is 1.66. The van der Waals surface area contributed by atoms with Gasteiger partial charge in [-0.05, 0) is 36.8 Å². The van der Waals surface area contributed by atoms with Gasteiger partial charge in [0, 0.05) is 19.7 Å². The van der Waals surface area contributed by atoms with Crippen molar-refractivity contribution in [1.29, 1.82) is 0 Å². The number of aromatic nitrogens is 2. The molecule has 1 aliphatic heterocycles. The molecule has 1 aromatic rings. The van der Waals surface area contributed by atoms with E-state index in [4.69, 9.17) is 16.7 Å². The first-order valence-corrected chi connectivity index (χ1v) is 6.12. The molecule has 1 aromatic heterocycles. The quantitative estimate of drug-likeness (QED) is 0.842. The molecule has 1 unspecified atom stereocenters. The average Bonchev–Trinajstić information content (AvgIpc) is 2.33. The monoisotopic (exact) mass is 259 g/mol. The van der Waals surface area contributed by atoms with Gasteiger partial charge in [0.15, 0.2) is 11.6 Å². The van der Waals surface area contributed by atoms with Crippen molar-refractivity contribution in [3.05, 3.63) is 17.3 Å². The summed E-state index contributed by atoms with van der Waals surface area (Å²) in [5, 5.41) is 9.00. The van der Waals surface area contributed by atoms with Gasteiger partial charge in [-0.2, -0.15) is 4.98 Å². The van der Waals surface area contributed by atoms with Gasteiger partial charge in [0.1, 0.15) is 0 Å². The van der Waals surface area contributed by atoms with Gasteiger partial charge in [-0.1, -0.05) is 0 Å². The molecule has 2 heterocycles. The number of piperidine rings is 1. The molecule has 2 rings (SSSR count). The van der Waals surface area contributed by atoms with Gasteiger partial charge in [-0.25, -0.2) is 9.37 Å². The van der Waals surface area contributed by atoms with Crippen LogP contribution in [0.4, 0.5) is 10.2 Å². The zero-order valence-corrected chi connectivity index (χ0v) is 10.2. The molecule has 94 valence electrons. The summed E-state index contributed by atoms with van der Waals surface area (Å²) in [5.74, 6) is 0.216. The van der Waals surface area contributed by atoms with E-state index >= 15 is 0 Å². The smallest absolute Gasteiger partial charge is 0.224 e. The summed E-state index contributed by atoms with van der Waals surface area (Å²) >= 11 is 5.68. The number of rotatable bonds is 3. The van der Waals surface area contributed by atoms with Crippen LogP contribution >= 0.6 is 11.6 Å². The van der Waals surface area contributed by atoms with Crippen molar-refractivity contribution in [1.82, 2.24) is 9.97 Å². The summed E-state index contributed by atoms with van der Waals surface area (Å²) in [5.41, 5.74) is 0. The Morgan fingerprint density at radius 3 is 3.18 bits per heavy atom. The normalized spacial score (nSPS) is 20.6. The van der Waals surface area contributed by atoms with Crippen molar-refractivity contribution in [3.63, 3.8) is 0 Å². The van der Waals surface area contributed by atoms with Gasteiger partial charge in [-0.15, -0.1) is 0 Å². The fourth-order valence-electron chi connectivity index (χ4n) is 2.23. The van der Waals surface area contributed by atoms with Crippen LogP contribution in [0.1, 0.15) is 19.3 Å². The summed E-state index contributed by atoms with van der Waals surface area (Å²) in [6.07, 6.45) is 3.89. The van der Waals surface area contributed by atoms with Crippen LogP contribution in [-0.2, 0) is 0 Å². The van der Waals surface area contributed by atoms with Crippen molar-refractivity contribution in [2.75, 3.05) is 24.6 Å². The van der Waals surface area contributed by atoms with Crippen LogP contribution < -0.4 is 4.90 Å². The highest BCUT2D eigenvalue weighted by atomic mass is 35.5. The van der Waals surface area contributed by atoms with Crippen molar-refractivity contribution >= 4 is 17.4 Å². The molecule has 0 bridgehead atoms.